The highest BCUT2D eigenvalue weighted by Crippen LogP contribution is 2.06. The monoisotopic (exact) mass is 307 g/mol. The van der Waals surface area contributed by atoms with Crippen molar-refractivity contribution in [1.82, 2.24) is 0 Å². The lowest BCUT2D eigenvalue weighted by molar-refractivity contribution is -0.508. The Kier molecular flexibility index (Phi) is 14.6. The maximum absolute atomic E-state index is 10.9. The Labute approximate surface area is 134 Å². The van der Waals surface area contributed by atoms with E-state index in [-0.39, 0.29) is 11.3 Å². The van der Waals surface area contributed by atoms with Crippen molar-refractivity contribution in [2.24, 2.45) is 0 Å². The quantitative estimate of drug-likeness (QED) is 0.124. The second-order valence-electron chi connectivity index (χ2n) is 5.45. The topological polar surface area (TPSA) is 60.2 Å². The van der Waals surface area contributed by atoms with Gasteiger partial charge in [-0.05, 0) is 25.3 Å². The Balaban J connectivity index is 3.83. The van der Waals surface area contributed by atoms with E-state index in [0.29, 0.717) is 12.8 Å². The fourth-order valence-corrected chi connectivity index (χ4v) is 2.04. The minimum absolute atomic E-state index is 0.271. The zero-order chi connectivity index (χ0) is 16.5. The van der Waals surface area contributed by atoms with Crippen LogP contribution >= 0.6 is 0 Å². The Morgan fingerprint density at radius 2 is 1.77 bits per heavy atom. The molecule has 0 heterocycles. The molecule has 0 rings (SSSR count). The highest BCUT2D eigenvalue weighted by Gasteiger charge is 2.13. The number of nitrogens with zero attached hydrogens (tertiary/aromatic N) is 1. The molecule has 0 aromatic rings. The van der Waals surface area contributed by atoms with Gasteiger partial charge in [-0.2, -0.15) is 0 Å². The number of carbonyl (C=O) groups excluding carboxylic acids is 1. The number of allylic oxidation sites excluding steroid dienone is 1. The third-order valence-corrected chi connectivity index (χ3v) is 3.41. The summed E-state index contributed by atoms with van der Waals surface area (Å²) >= 11 is 0. The molecule has 0 fully saturated rings. The van der Waals surface area contributed by atoms with Crippen molar-refractivity contribution in [3.8, 4) is 11.8 Å². The Hall–Kier alpha value is -1.63. The summed E-state index contributed by atoms with van der Waals surface area (Å²) in [6, 6.07) is -0.728. The molecular weight excluding hydrogens is 278 g/mol. The maximum Gasteiger partial charge on any atom is 0.242 e. The summed E-state index contributed by atoms with van der Waals surface area (Å²) in [5.74, 6) is 5.96. The molecule has 0 radical (unpaired) electrons. The molecule has 0 saturated carbocycles. The third-order valence-electron chi connectivity index (χ3n) is 3.41. The summed E-state index contributed by atoms with van der Waals surface area (Å²) in [6.07, 6.45) is 14.7. The number of aldehydes is 1. The SMILES string of the molecule is CCCCCCCCC#CCC(/C=C/CCCC=O)[N+](=O)[O-]. The first-order valence-electron chi connectivity index (χ1n) is 8.41. The molecule has 1 unspecified atom stereocenters. The molecule has 0 aromatic heterocycles. The number of nitro groups is 1. The van der Waals surface area contributed by atoms with Gasteiger partial charge in [0.05, 0.1) is 6.42 Å². The summed E-state index contributed by atoms with van der Waals surface area (Å²) in [6.45, 7) is 2.20. The smallest absolute Gasteiger partial charge is 0.242 e. The van der Waals surface area contributed by atoms with Gasteiger partial charge in [-0.1, -0.05) is 51.0 Å². The van der Waals surface area contributed by atoms with Gasteiger partial charge in [0.2, 0.25) is 6.04 Å². The van der Waals surface area contributed by atoms with Crippen LogP contribution in [0.3, 0.4) is 0 Å². The molecule has 0 spiro atoms. The predicted molar refractivity (Wildman–Crippen MR) is 90.2 cm³/mol. The Morgan fingerprint density at radius 1 is 1.05 bits per heavy atom. The zero-order valence-corrected chi connectivity index (χ0v) is 13.8. The fraction of sp³-hybridized carbons (Fsp3) is 0.722. The van der Waals surface area contributed by atoms with Crippen molar-refractivity contribution in [3.05, 3.63) is 22.3 Å². The summed E-state index contributed by atoms with van der Waals surface area (Å²) in [7, 11) is 0. The van der Waals surface area contributed by atoms with Crippen molar-refractivity contribution >= 4 is 6.29 Å². The molecule has 0 saturated heterocycles. The van der Waals surface area contributed by atoms with Crippen LogP contribution in [0.25, 0.3) is 0 Å². The van der Waals surface area contributed by atoms with Gasteiger partial charge in [-0.3, -0.25) is 10.1 Å². The van der Waals surface area contributed by atoms with E-state index in [2.05, 4.69) is 18.8 Å². The molecule has 0 amide bonds. The fourth-order valence-electron chi connectivity index (χ4n) is 2.04. The number of unbranched alkanes of at least 4 members (excludes halogenated alkanes) is 8. The van der Waals surface area contributed by atoms with Crippen LogP contribution in [0.4, 0.5) is 0 Å². The van der Waals surface area contributed by atoms with Crippen LogP contribution in [0.15, 0.2) is 12.2 Å². The van der Waals surface area contributed by atoms with Gasteiger partial charge in [0.25, 0.3) is 0 Å². The van der Waals surface area contributed by atoms with E-state index in [1.165, 1.54) is 32.1 Å². The minimum Gasteiger partial charge on any atom is -0.303 e. The molecule has 0 aliphatic rings. The first kappa shape index (κ1) is 20.4. The summed E-state index contributed by atoms with van der Waals surface area (Å²) in [5.41, 5.74) is 0. The molecule has 0 aliphatic carbocycles. The van der Waals surface area contributed by atoms with Crippen LogP contribution in [-0.4, -0.2) is 17.3 Å². The van der Waals surface area contributed by atoms with Gasteiger partial charge >= 0.3 is 0 Å². The minimum atomic E-state index is -0.728. The third kappa shape index (κ3) is 13.4. The van der Waals surface area contributed by atoms with E-state index >= 15 is 0 Å². The largest absolute Gasteiger partial charge is 0.303 e. The van der Waals surface area contributed by atoms with Crippen molar-refractivity contribution in [2.75, 3.05) is 0 Å². The van der Waals surface area contributed by atoms with Crippen LogP contribution in [0.1, 0.15) is 77.6 Å². The number of rotatable bonds is 13. The van der Waals surface area contributed by atoms with Crippen LogP contribution in [0, 0.1) is 22.0 Å². The molecule has 0 aliphatic heterocycles. The first-order chi connectivity index (χ1) is 10.7. The predicted octanol–water partition coefficient (Wildman–Crippen LogP) is 4.70. The molecular formula is C18H29NO3. The molecule has 22 heavy (non-hydrogen) atoms. The standard InChI is InChI=1S/C18H29NO3/c1-2-3-4-5-6-7-8-9-12-15-18(19(21)22)16-13-10-11-14-17-20/h13,16-18H,2-8,10-11,14-15H2,1H3/b16-13+. The molecule has 1 atom stereocenters. The molecule has 0 N–H and O–H groups in total. The van der Waals surface area contributed by atoms with Gasteiger partial charge in [0.15, 0.2) is 0 Å². The number of hydrogen-bond donors (Lipinski definition) is 0. The lowest BCUT2D eigenvalue weighted by Gasteiger charge is -1.99. The van der Waals surface area contributed by atoms with E-state index < -0.39 is 6.04 Å². The average Bonchev–Trinajstić information content (AvgIpc) is 2.50. The van der Waals surface area contributed by atoms with E-state index in [4.69, 9.17) is 0 Å². The molecule has 0 aromatic carbocycles. The van der Waals surface area contributed by atoms with Gasteiger partial charge in [0, 0.05) is 17.8 Å². The van der Waals surface area contributed by atoms with Crippen LogP contribution in [0.2, 0.25) is 0 Å². The Morgan fingerprint density at radius 3 is 2.45 bits per heavy atom. The molecule has 0 bridgehead atoms. The van der Waals surface area contributed by atoms with Gasteiger partial charge in [0.1, 0.15) is 6.29 Å². The number of hydrogen-bond acceptors (Lipinski definition) is 3. The normalized spacial score (nSPS) is 11.9. The lowest BCUT2D eigenvalue weighted by atomic mass is 10.1. The van der Waals surface area contributed by atoms with Gasteiger partial charge in [-0.15, -0.1) is 5.92 Å². The maximum atomic E-state index is 10.9. The van der Waals surface area contributed by atoms with E-state index in [0.717, 1.165) is 25.5 Å². The van der Waals surface area contributed by atoms with Crippen molar-refractivity contribution in [2.45, 2.75) is 83.6 Å². The average molecular weight is 307 g/mol. The molecule has 4 nitrogen and oxygen atoms in total. The Bertz CT molecular complexity index is 380. The number of carbonyl (C=O) groups is 1. The molecule has 4 heteroatoms. The van der Waals surface area contributed by atoms with E-state index in [1.54, 1.807) is 12.2 Å². The first-order valence-corrected chi connectivity index (χ1v) is 8.41. The van der Waals surface area contributed by atoms with Gasteiger partial charge < -0.3 is 4.79 Å². The summed E-state index contributed by atoms with van der Waals surface area (Å²) in [5, 5.41) is 10.9. The van der Waals surface area contributed by atoms with Crippen molar-refractivity contribution < 1.29 is 9.72 Å². The second-order valence-corrected chi connectivity index (χ2v) is 5.45. The van der Waals surface area contributed by atoms with Crippen molar-refractivity contribution in [1.29, 1.82) is 0 Å². The second kappa shape index (κ2) is 15.8. The van der Waals surface area contributed by atoms with E-state index in [9.17, 15) is 14.9 Å². The van der Waals surface area contributed by atoms with Crippen LogP contribution in [0.5, 0.6) is 0 Å². The summed E-state index contributed by atoms with van der Waals surface area (Å²) < 4.78 is 0. The van der Waals surface area contributed by atoms with Gasteiger partial charge in [-0.25, -0.2) is 0 Å². The molecule has 124 valence electrons. The lowest BCUT2D eigenvalue weighted by Crippen LogP contribution is -2.15. The highest BCUT2D eigenvalue weighted by molar-refractivity contribution is 5.49. The zero-order valence-electron chi connectivity index (χ0n) is 13.8. The summed E-state index contributed by atoms with van der Waals surface area (Å²) in [4.78, 5) is 20.8. The highest BCUT2D eigenvalue weighted by atomic mass is 16.6. The van der Waals surface area contributed by atoms with E-state index in [1.807, 2.05) is 0 Å². The van der Waals surface area contributed by atoms with Crippen LogP contribution < -0.4 is 0 Å². The van der Waals surface area contributed by atoms with Crippen molar-refractivity contribution in [3.63, 3.8) is 0 Å². The van der Waals surface area contributed by atoms with Crippen LogP contribution in [-0.2, 0) is 4.79 Å².